The molecule has 6 atom stereocenters. The number of carbonyl (C=O) groups is 4. The van der Waals surface area contributed by atoms with E-state index in [-0.39, 0.29) is 25.7 Å². The van der Waals surface area contributed by atoms with E-state index in [1.165, 1.54) is 180 Å². The Hall–Kier alpha value is -1.94. The zero-order chi connectivity index (χ0) is 69.6. The Labute approximate surface area is 575 Å². The second kappa shape index (κ2) is 64.4. The molecule has 0 heterocycles. The molecule has 0 fully saturated rings. The van der Waals surface area contributed by atoms with Crippen LogP contribution in [0.1, 0.15) is 376 Å². The molecular weight excluding hydrogens is 1230 g/mol. The number of hydrogen-bond acceptors (Lipinski definition) is 15. The van der Waals surface area contributed by atoms with E-state index in [0.29, 0.717) is 25.7 Å². The number of ether oxygens (including phenoxy) is 4. The molecule has 0 aliphatic rings. The minimum absolute atomic E-state index is 0.102. The Morgan fingerprint density at radius 1 is 0.298 bits per heavy atom. The van der Waals surface area contributed by atoms with Crippen molar-refractivity contribution in [1.29, 1.82) is 0 Å². The topological polar surface area (TPSA) is 237 Å². The summed E-state index contributed by atoms with van der Waals surface area (Å²) in [7, 11) is -9.91. The summed E-state index contributed by atoms with van der Waals surface area (Å²) in [6, 6.07) is 0. The molecule has 0 spiro atoms. The van der Waals surface area contributed by atoms with E-state index in [9.17, 15) is 43.2 Å². The van der Waals surface area contributed by atoms with Crippen LogP contribution in [0.5, 0.6) is 0 Å². The number of hydrogen-bond donors (Lipinski definition) is 3. The molecule has 4 unspecified atom stereocenters. The van der Waals surface area contributed by atoms with Crippen LogP contribution in [0.2, 0.25) is 0 Å². The molecule has 3 N–H and O–H groups in total. The molecule has 0 saturated heterocycles. The molecule has 0 aromatic rings. The Kier molecular flexibility index (Phi) is 63.1. The molecule has 0 aliphatic heterocycles. The van der Waals surface area contributed by atoms with Gasteiger partial charge < -0.3 is 33.8 Å². The molecule has 0 saturated carbocycles. The number of rotatable bonds is 72. The van der Waals surface area contributed by atoms with Crippen molar-refractivity contribution in [3.05, 3.63) is 0 Å². The van der Waals surface area contributed by atoms with Crippen molar-refractivity contribution < 1.29 is 80.2 Å². The van der Waals surface area contributed by atoms with Crippen molar-refractivity contribution in [2.24, 2.45) is 23.7 Å². The molecule has 0 aromatic heterocycles. The summed E-state index contributed by atoms with van der Waals surface area (Å²) in [5.41, 5.74) is 0. The van der Waals surface area contributed by atoms with Gasteiger partial charge in [0.2, 0.25) is 0 Å². The number of phosphoric acid groups is 2. The minimum atomic E-state index is -4.96. The predicted octanol–water partition coefficient (Wildman–Crippen LogP) is 21.7. The first-order valence-electron chi connectivity index (χ1n) is 38.7. The first kappa shape index (κ1) is 92.1. The lowest BCUT2D eigenvalue weighted by Crippen LogP contribution is -2.30. The normalized spacial score (nSPS) is 14.4. The summed E-state index contributed by atoms with van der Waals surface area (Å²) in [6.07, 6.45) is 48.7. The summed E-state index contributed by atoms with van der Waals surface area (Å²) >= 11 is 0. The van der Waals surface area contributed by atoms with Crippen LogP contribution >= 0.6 is 15.6 Å². The highest BCUT2D eigenvalue weighted by Gasteiger charge is 2.30. The number of phosphoric ester groups is 2. The predicted molar refractivity (Wildman–Crippen MR) is 381 cm³/mol. The van der Waals surface area contributed by atoms with Crippen LogP contribution in [0, 0.1) is 23.7 Å². The van der Waals surface area contributed by atoms with Crippen LogP contribution in [-0.2, 0) is 65.4 Å². The molecule has 0 radical (unpaired) electrons. The Bertz CT molecular complexity index is 1850. The van der Waals surface area contributed by atoms with Gasteiger partial charge in [0.1, 0.15) is 19.3 Å². The molecule has 0 aliphatic carbocycles. The number of esters is 4. The van der Waals surface area contributed by atoms with E-state index in [0.717, 1.165) is 114 Å². The molecule has 0 rings (SSSR count). The van der Waals surface area contributed by atoms with E-state index >= 15 is 0 Å². The first-order valence-corrected chi connectivity index (χ1v) is 41.7. The van der Waals surface area contributed by atoms with E-state index in [4.69, 9.17) is 37.0 Å². The van der Waals surface area contributed by atoms with Crippen molar-refractivity contribution in [2.75, 3.05) is 39.6 Å². The zero-order valence-electron chi connectivity index (χ0n) is 61.6. The van der Waals surface area contributed by atoms with Crippen molar-refractivity contribution >= 4 is 39.5 Å². The highest BCUT2D eigenvalue weighted by Crippen LogP contribution is 2.45. The van der Waals surface area contributed by atoms with Gasteiger partial charge in [-0.2, -0.15) is 0 Å². The molecule has 19 heteroatoms. The van der Waals surface area contributed by atoms with Gasteiger partial charge in [-0.3, -0.25) is 37.3 Å². The van der Waals surface area contributed by atoms with Gasteiger partial charge in [0.15, 0.2) is 12.2 Å². The Morgan fingerprint density at radius 2 is 0.511 bits per heavy atom. The second-order valence-electron chi connectivity index (χ2n) is 28.7. The third-order valence-corrected chi connectivity index (χ3v) is 19.6. The molecule has 0 bridgehead atoms. The monoisotopic (exact) mass is 1380 g/mol. The van der Waals surface area contributed by atoms with Crippen LogP contribution in [-0.4, -0.2) is 96.7 Å². The van der Waals surface area contributed by atoms with Gasteiger partial charge in [-0.05, 0) is 49.4 Å². The maximum Gasteiger partial charge on any atom is 0.472 e. The first-order chi connectivity index (χ1) is 45.1. The van der Waals surface area contributed by atoms with E-state index < -0.39 is 97.5 Å². The summed E-state index contributed by atoms with van der Waals surface area (Å²) in [4.78, 5) is 72.7. The van der Waals surface area contributed by atoms with Crippen LogP contribution in [0.15, 0.2) is 0 Å². The van der Waals surface area contributed by atoms with Crippen molar-refractivity contribution in [1.82, 2.24) is 0 Å². The average Bonchev–Trinajstić information content (AvgIpc) is 3.69. The third-order valence-electron chi connectivity index (χ3n) is 17.7. The minimum Gasteiger partial charge on any atom is -0.462 e. The molecule has 17 nitrogen and oxygen atoms in total. The smallest absolute Gasteiger partial charge is 0.462 e. The van der Waals surface area contributed by atoms with E-state index in [1.54, 1.807) is 0 Å². The lowest BCUT2D eigenvalue weighted by atomic mass is 10.00. The third kappa shape index (κ3) is 67.3. The van der Waals surface area contributed by atoms with Crippen molar-refractivity contribution in [3.8, 4) is 0 Å². The van der Waals surface area contributed by atoms with Crippen LogP contribution in [0.4, 0.5) is 0 Å². The number of unbranched alkanes of at least 4 members (excludes halogenated alkanes) is 37. The molecular formula is C75H146O17P2. The van der Waals surface area contributed by atoms with E-state index in [2.05, 4.69) is 55.4 Å². The SMILES string of the molecule is CCC(C)CCCCCCCCC(=O)O[C@H](COC(=O)CCCCCCCCCCC(C)C)COP(=O)(O)OCC(O)COP(=O)(O)OC[C@@H](COC(=O)CCCCCCCCCCCCCCCC(C)C)OC(=O)CCCCCCCCCCCCCCCCC(C)C. The lowest BCUT2D eigenvalue weighted by molar-refractivity contribution is -0.161. The fourth-order valence-corrected chi connectivity index (χ4v) is 12.9. The highest BCUT2D eigenvalue weighted by atomic mass is 31.2. The maximum atomic E-state index is 13.1. The second-order valence-corrected chi connectivity index (χ2v) is 31.6. The van der Waals surface area contributed by atoms with Gasteiger partial charge in [-0.15, -0.1) is 0 Å². The maximum absolute atomic E-state index is 13.1. The average molecular weight is 1380 g/mol. The highest BCUT2D eigenvalue weighted by molar-refractivity contribution is 7.47. The van der Waals surface area contributed by atoms with Gasteiger partial charge in [-0.1, -0.05) is 325 Å². The van der Waals surface area contributed by atoms with Crippen molar-refractivity contribution in [2.45, 2.75) is 395 Å². The van der Waals surface area contributed by atoms with Gasteiger partial charge in [-0.25, -0.2) is 9.13 Å². The summed E-state index contributed by atoms with van der Waals surface area (Å²) in [5.74, 6) is 0.908. The zero-order valence-corrected chi connectivity index (χ0v) is 63.4. The summed E-state index contributed by atoms with van der Waals surface area (Å²) in [6.45, 7) is 14.1. The molecule has 0 aromatic carbocycles. The number of aliphatic hydroxyl groups excluding tert-OH is 1. The fraction of sp³-hybridized carbons (Fsp3) is 0.947. The lowest BCUT2D eigenvalue weighted by Gasteiger charge is -2.21. The van der Waals surface area contributed by atoms with Crippen LogP contribution < -0.4 is 0 Å². The van der Waals surface area contributed by atoms with E-state index in [1.807, 2.05) is 0 Å². The standard InChI is InChI=1S/C75H146O17P2/c1-9-68(8)54-46-38-33-34-42-50-58-75(80)92-71(62-86-73(78)56-48-40-31-26-25-29-37-45-53-67(6)7)64-90-94(83,84)88-60-69(76)59-87-93(81,82)89-63-70(61-85-72(77)55-47-39-30-23-19-16-12-14-18-22-28-36-44-52-66(4)5)91-74(79)57-49-41-32-24-20-15-11-10-13-17-21-27-35-43-51-65(2)3/h65-71,76H,9-64H2,1-8H3,(H,81,82)(H,83,84)/t68?,69?,70-,71-/m1/s1. The Balaban J connectivity index is 5.24. The van der Waals surface area contributed by atoms with Crippen LogP contribution in [0.3, 0.4) is 0 Å². The largest absolute Gasteiger partial charge is 0.472 e. The molecule has 558 valence electrons. The molecule has 0 amide bonds. The molecule has 94 heavy (non-hydrogen) atoms. The van der Waals surface area contributed by atoms with Crippen LogP contribution in [0.25, 0.3) is 0 Å². The Morgan fingerprint density at radius 3 is 0.755 bits per heavy atom. The fourth-order valence-electron chi connectivity index (χ4n) is 11.3. The summed E-state index contributed by atoms with van der Waals surface area (Å²) < 4.78 is 68.5. The van der Waals surface area contributed by atoms with Gasteiger partial charge >= 0.3 is 39.5 Å². The van der Waals surface area contributed by atoms with Gasteiger partial charge in [0.05, 0.1) is 26.4 Å². The summed E-state index contributed by atoms with van der Waals surface area (Å²) in [5, 5.41) is 10.6. The quantitative estimate of drug-likeness (QED) is 0.0222. The van der Waals surface area contributed by atoms with Crippen molar-refractivity contribution in [3.63, 3.8) is 0 Å². The van der Waals surface area contributed by atoms with Gasteiger partial charge in [0.25, 0.3) is 0 Å². The number of carbonyl (C=O) groups excluding carboxylic acids is 4. The van der Waals surface area contributed by atoms with Gasteiger partial charge in [0, 0.05) is 25.7 Å². The number of aliphatic hydroxyl groups is 1.